The second-order valence-electron chi connectivity index (χ2n) is 7.86. The van der Waals surface area contributed by atoms with Gasteiger partial charge in [-0.05, 0) is 24.3 Å². The zero-order chi connectivity index (χ0) is 23.4. The van der Waals surface area contributed by atoms with Crippen molar-refractivity contribution in [2.45, 2.75) is 6.42 Å². The number of rotatable bonds is 7. The van der Waals surface area contributed by atoms with Crippen LogP contribution in [0.4, 0.5) is 15.8 Å². The summed E-state index contributed by atoms with van der Waals surface area (Å²) in [6, 6.07) is 12.1. The van der Waals surface area contributed by atoms with Crippen LogP contribution in [0.1, 0.15) is 16.9 Å². The van der Waals surface area contributed by atoms with Crippen molar-refractivity contribution >= 4 is 34.2 Å². The Kier molecular flexibility index (Phi) is 6.79. The Morgan fingerprint density at radius 3 is 2.55 bits per heavy atom. The Morgan fingerprint density at radius 1 is 1.09 bits per heavy atom. The molecule has 3 aromatic rings. The predicted molar refractivity (Wildman–Crippen MR) is 124 cm³/mol. The average molecular weight is 455 g/mol. The van der Waals surface area contributed by atoms with Crippen molar-refractivity contribution in [3.05, 3.63) is 54.0 Å². The molecule has 0 saturated carbocycles. The van der Waals surface area contributed by atoms with Gasteiger partial charge in [0.2, 0.25) is 5.91 Å². The van der Waals surface area contributed by atoms with Crippen LogP contribution in [0, 0.1) is 5.82 Å². The molecule has 33 heavy (non-hydrogen) atoms. The number of carbonyl (C=O) groups excluding carboxylic acids is 2. The van der Waals surface area contributed by atoms with Crippen molar-refractivity contribution < 1.29 is 23.5 Å². The SMILES string of the molecule is COC(=O)c1[nH]c2cc(OC)ccc2c1NC(=O)CCN1CCN(c2ccccc2F)CC1. The van der Waals surface area contributed by atoms with Gasteiger partial charge in [-0.1, -0.05) is 12.1 Å². The Morgan fingerprint density at radius 2 is 1.85 bits per heavy atom. The lowest BCUT2D eigenvalue weighted by atomic mass is 10.2. The number of nitrogens with zero attached hydrogens (tertiary/aromatic N) is 2. The van der Waals surface area contributed by atoms with Crippen LogP contribution in [0.25, 0.3) is 10.9 Å². The molecular formula is C24H27FN4O4. The minimum absolute atomic E-state index is 0.188. The Balaban J connectivity index is 1.37. The van der Waals surface area contributed by atoms with Gasteiger partial charge in [0.25, 0.3) is 0 Å². The number of benzene rings is 2. The monoisotopic (exact) mass is 454 g/mol. The number of methoxy groups -OCH3 is 2. The molecular weight excluding hydrogens is 427 g/mol. The van der Waals surface area contributed by atoms with E-state index < -0.39 is 5.97 Å². The largest absolute Gasteiger partial charge is 0.497 e. The maximum atomic E-state index is 14.0. The van der Waals surface area contributed by atoms with Crippen LogP contribution in [0.2, 0.25) is 0 Å². The number of nitrogens with one attached hydrogen (secondary N) is 2. The number of para-hydroxylation sites is 1. The van der Waals surface area contributed by atoms with Crippen molar-refractivity contribution in [3.8, 4) is 5.75 Å². The summed E-state index contributed by atoms with van der Waals surface area (Å²) in [6.45, 7) is 3.43. The fourth-order valence-corrected chi connectivity index (χ4v) is 4.07. The molecule has 0 radical (unpaired) electrons. The summed E-state index contributed by atoms with van der Waals surface area (Å²) in [6.07, 6.45) is 0.267. The van der Waals surface area contributed by atoms with E-state index in [1.165, 1.54) is 13.2 Å². The molecule has 2 heterocycles. The highest BCUT2D eigenvalue weighted by Gasteiger charge is 2.22. The lowest BCUT2D eigenvalue weighted by molar-refractivity contribution is -0.116. The third-order valence-corrected chi connectivity index (χ3v) is 5.88. The molecule has 0 aliphatic carbocycles. The molecule has 2 aromatic carbocycles. The standard InChI is InChI=1S/C24H27FN4O4/c1-32-16-7-8-17-19(15-16)26-23(24(31)33-2)22(17)27-21(30)9-10-28-11-13-29(14-12-28)20-6-4-3-5-18(20)25/h3-8,15,26H,9-14H2,1-2H3,(H,27,30). The molecule has 8 nitrogen and oxygen atoms in total. The predicted octanol–water partition coefficient (Wildman–Crippen LogP) is 3.25. The van der Waals surface area contributed by atoms with Gasteiger partial charge in [0.1, 0.15) is 17.3 Å². The van der Waals surface area contributed by atoms with Gasteiger partial charge in [-0.3, -0.25) is 9.69 Å². The number of piperazine rings is 1. The molecule has 174 valence electrons. The molecule has 0 bridgehead atoms. The number of aromatic nitrogens is 1. The maximum absolute atomic E-state index is 14.0. The molecule has 2 N–H and O–H groups in total. The number of esters is 1. The first-order valence-electron chi connectivity index (χ1n) is 10.8. The molecule has 1 aliphatic heterocycles. The number of fused-ring (bicyclic) bond motifs is 1. The van der Waals surface area contributed by atoms with Crippen LogP contribution in [-0.4, -0.2) is 68.7 Å². The van der Waals surface area contributed by atoms with Gasteiger partial charge < -0.3 is 24.7 Å². The highest BCUT2D eigenvalue weighted by molar-refractivity contribution is 6.11. The summed E-state index contributed by atoms with van der Waals surface area (Å²) in [7, 11) is 2.85. The molecule has 1 saturated heterocycles. The van der Waals surface area contributed by atoms with E-state index >= 15 is 0 Å². The summed E-state index contributed by atoms with van der Waals surface area (Å²) < 4.78 is 24.1. The van der Waals surface area contributed by atoms with Gasteiger partial charge in [-0.2, -0.15) is 0 Å². The van der Waals surface area contributed by atoms with E-state index in [0.29, 0.717) is 47.7 Å². The zero-order valence-corrected chi connectivity index (χ0v) is 18.7. The molecule has 1 aliphatic rings. The number of ether oxygens (including phenoxy) is 2. The first-order valence-corrected chi connectivity index (χ1v) is 10.8. The van der Waals surface area contributed by atoms with Crippen molar-refractivity contribution in [2.24, 2.45) is 0 Å². The second kappa shape index (κ2) is 9.91. The third kappa shape index (κ3) is 4.93. The van der Waals surface area contributed by atoms with Gasteiger partial charge in [-0.15, -0.1) is 0 Å². The van der Waals surface area contributed by atoms with Gasteiger partial charge in [0.05, 0.1) is 31.1 Å². The number of hydrogen-bond donors (Lipinski definition) is 2. The molecule has 0 spiro atoms. The fourth-order valence-electron chi connectivity index (χ4n) is 4.07. The van der Waals surface area contributed by atoms with E-state index in [-0.39, 0.29) is 23.8 Å². The van der Waals surface area contributed by atoms with E-state index in [2.05, 4.69) is 15.2 Å². The summed E-state index contributed by atoms with van der Waals surface area (Å²) >= 11 is 0. The van der Waals surface area contributed by atoms with E-state index in [1.54, 1.807) is 37.4 Å². The Bertz CT molecular complexity index is 1150. The Labute approximate surface area is 191 Å². The summed E-state index contributed by atoms with van der Waals surface area (Å²) in [5, 5.41) is 3.57. The molecule has 1 aromatic heterocycles. The molecule has 1 amide bonds. The lowest BCUT2D eigenvalue weighted by Crippen LogP contribution is -2.47. The minimum Gasteiger partial charge on any atom is -0.497 e. The highest BCUT2D eigenvalue weighted by Crippen LogP contribution is 2.31. The first kappa shape index (κ1) is 22.6. The molecule has 1 fully saturated rings. The van der Waals surface area contributed by atoms with E-state index in [4.69, 9.17) is 9.47 Å². The number of halogens is 1. The number of aromatic amines is 1. The number of carbonyl (C=O) groups is 2. The van der Waals surface area contributed by atoms with Crippen molar-refractivity contribution in [1.29, 1.82) is 0 Å². The fraction of sp³-hybridized carbons (Fsp3) is 0.333. The van der Waals surface area contributed by atoms with Crippen LogP contribution >= 0.6 is 0 Å². The van der Waals surface area contributed by atoms with E-state index in [1.807, 2.05) is 11.0 Å². The first-order chi connectivity index (χ1) is 16.0. The molecule has 0 unspecified atom stereocenters. The van der Waals surface area contributed by atoms with Gasteiger partial charge >= 0.3 is 5.97 Å². The zero-order valence-electron chi connectivity index (χ0n) is 18.7. The average Bonchev–Trinajstić information content (AvgIpc) is 3.20. The lowest BCUT2D eigenvalue weighted by Gasteiger charge is -2.36. The number of hydrogen-bond acceptors (Lipinski definition) is 6. The normalized spacial score (nSPS) is 14.3. The van der Waals surface area contributed by atoms with E-state index in [0.717, 1.165) is 13.1 Å². The summed E-state index contributed by atoms with van der Waals surface area (Å²) in [5.74, 6) is -0.353. The second-order valence-corrected chi connectivity index (χ2v) is 7.86. The number of anilines is 2. The van der Waals surface area contributed by atoms with Crippen LogP contribution in [0.15, 0.2) is 42.5 Å². The van der Waals surface area contributed by atoms with Crippen LogP contribution < -0.4 is 15.0 Å². The van der Waals surface area contributed by atoms with E-state index in [9.17, 15) is 14.0 Å². The van der Waals surface area contributed by atoms with Crippen LogP contribution in [0.3, 0.4) is 0 Å². The number of H-pyrrole nitrogens is 1. The molecule has 9 heteroatoms. The number of amides is 1. The van der Waals surface area contributed by atoms with Crippen molar-refractivity contribution in [3.63, 3.8) is 0 Å². The maximum Gasteiger partial charge on any atom is 0.356 e. The molecule has 0 atom stereocenters. The van der Waals surface area contributed by atoms with Gasteiger partial charge in [0, 0.05) is 50.6 Å². The topological polar surface area (TPSA) is 86.9 Å². The summed E-state index contributed by atoms with van der Waals surface area (Å²) in [5.41, 5.74) is 1.86. The van der Waals surface area contributed by atoms with Crippen molar-refractivity contribution in [1.82, 2.24) is 9.88 Å². The minimum atomic E-state index is -0.565. The van der Waals surface area contributed by atoms with Crippen LogP contribution in [0.5, 0.6) is 5.75 Å². The van der Waals surface area contributed by atoms with Crippen molar-refractivity contribution in [2.75, 3.05) is 57.2 Å². The third-order valence-electron chi connectivity index (χ3n) is 5.88. The Hall–Kier alpha value is -3.59. The van der Waals surface area contributed by atoms with Gasteiger partial charge in [0.15, 0.2) is 0 Å². The van der Waals surface area contributed by atoms with Crippen LogP contribution in [-0.2, 0) is 9.53 Å². The highest BCUT2D eigenvalue weighted by atomic mass is 19.1. The molecule has 4 rings (SSSR count). The quantitative estimate of drug-likeness (QED) is 0.533. The summed E-state index contributed by atoms with van der Waals surface area (Å²) in [4.78, 5) is 32.2. The van der Waals surface area contributed by atoms with Gasteiger partial charge in [-0.25, -0.2) is 9.18 Å². The smallest absolute Gasteiger partial charge is 0.356 e.